The second-order valence-corrected chi connectivity index (χ2v) is 6.00. The van der Waals surface area contributed by atoms with E-state index in [0.29, 0.717) is 11.4 Å². The highest BCUT2D eigenvalue weighted by Crippen LogP contribution is 2.19. The maximum atomic E-state index is 12.3. The molecule has 0 saturated carbocycles. The molecular weight excluding hydrogens is 318 g/mol. The number of nitrogens with one attached hydrogen (secondary N) is 1. The number of amides is 1. The number of ether oxygens (including phenoxy) is 1. The predicted octanol–water partition coefficient (Wildman–Crippen LogP) is 2.83. The van der Waals surface area contributed by atoms with Crippen LogP contribution in [0.3, 0.4) is 0 Å². The van der Waals surface area contributed by atoms with E-state index in [2.05, 4.69) is 15.5 Å². The van der Waals surface area contributed by atoms with Gasteiger partial charge in [0, 0.05) is 13.2 Å². The number of hydrogen-bond acceptors (Lipinski definition) is 4. The maximum absolute atomic E-state index is 12.3. The monoisotopic (exact) mass is 339 g/mol. The standard InChI is InChI=1S/C18H21N5O2/c1-12-5-6-13(2)17(9-12)25-11-23-8-7-15(21-23)18(24)20-16-10-19-22(4)14(16)3/h5-10H,11H2,1-4H3,(H,20,24). The van der Waals surface area contributed by atoms with Gasteiger partial charge in [-0.1, -0.05) is 12.1 Å². The molecule has 1 amide bonds. The number of hydrogen-bond donors (Lipinski definition) is 1. The van der Waals surface area contributed by atoms with Crippen molar-refractivity contribution in [2.24, 2.45) is 7.05 Å². The molecule has 0 spiro atoms. The van der Waals surface area contributed by atoms with Crippen molar-refractivity contribution >= 4 is 11.6 Å². The number of rotatable bonds is 5. The van der Waals surface area contributed by atoms with Gasteiger partial charge in [0.2, 0.25) is 0 Å². The Morgan fingerprint density at radius 3 is 2.76 bits per heavy atom. The minimum Gasteiger partial charge on any atom is -0.471 e. The fourth-order valence-electron chi connectivity index (χ4n) is 2.36. The third-order valence-electron chi connectivity index (χ3n) is 4.05. The van der Waals surface area contributed by atoms with E-state index in [-0.39, 0.29) is 12.6 Å². The number of aryl methyl sites for hydroxylation is 3. The van der Waals surface area contributed by atoms with Crippen LogP contribution in [0.15, 0.2) is 36.7 Å². The summed E-state index contributed by atoms with van der Waals surface area (Å²) in [7, 11) is 1.82. The molecule has 7 nitrogen and oxygen atoms in total. The lowest BCUT2D eigenvalue weighted by Gasteiger charge is -2.09. The third-order valence-corrected chi connectivity index (χ3v) is 4.05. The van der Waals surface area contributed by atoms with Crippen molar-refractivity contribution in [2.75, 3.05) is 5.32 Å². The molecule has 25 heavy (non-hydrogen) atoms. The van der Waals surface area contributed by atoms with Crippen LogP contribution in [0.25, 0.3) is 0 Å². The first-order valence-corrected chi connectivity index (χ1v) is 7.97. The highest BCUT2D eigenvalue weighted by molar-refractivity contribution is 6.03. The molecule has 0 fully saturated rings. The van der Waals surface area contributed by atoms with E-state index in [1.807, 2.05) is 46.0 Å². The molecule has 2 aromatic heterocycles. The molecule has 0 bridgehead atoms. The molecule has 3 rings (SSSR count). The lowest BCUT2D eigenvalue weighted by atomic mass is 10.1. The van der Waals surface area contributed by atoms with Gasteiger partial charge in [0.05, 0.1) is 17.6 Å². The fraction of sp³-hybridized carbons (Fsp3) is 0.278. The Labute approximate surface area is 146 Å². The van der Waals surface area contributed by atoms with Crippen LogP contribution in [0.5, 0.6) is 5.75 Å². The van der Waals surface area contributed by atoms with Crippen LogP contribution in [-0.2, 0) is 13.8 Å². The summed E-state index contributed by atoms with van der Waals surface area (Å²) in [6.45, 7) is 6.14. The summed E-state index contributed by atoms with van der Waals surface area (Å²) >= 11 is 0. The minimum absolute atomic E-state index is 0.240. The highest BCUT2D eigenvalue weighted by Gasteiger charge is 2.13. The van der Waals surface area contributed by atoms with E-state index >= 15 is 0 Å². The Bertz CT molecular complexity index is 910. The van der Waals surface area contributed by atoms with Gasteiger partial charge in [0.1, 0.15) is 5.75 Å². The maximum Gasteiger partial charge on any atom is 0.276 e. The van der Waals surface area contributed by atoms with E-state index < -0.39 is 0 Å². The van der Waals surface area contributed by atoms with Crippen LogP contribution in [-0.4, -0.2) is 25.5 Å². The zero-order valence-corrected chi connectivity index (χ0v) is 14.8. The first-order chi connectivity index (χ1) is 11.9. The molecule has 3 aromatic rings. The Hall–Kier alpha value is -3.09. The molecule has 2 heterocycles. The molecule has 1 N–H and O–H groups in total. The zero-order chi connectivity index (χ0) is 18.0. The fourth-order valence-corrected chi connectivity index (χ4v) is 2.36. The van der Waals surface area contributed by atoms with Crippen molar-refractivity contribution in [3.63, 3.8) is 0 Å². The number of aromatic nitrogens is 4. The molecule has 1 aromatic carbocycles. The van der Waals surface area contributed by atoms with Gasteiger partial charge in [-0.25, -0.2) is 4.68 Å². The second kappa shape index (κ2) is 6.80. The summed E-state index contributed by atoms with van der Waals surface area (Å²) in [6.07, 6.45) is 3.34. The molecule has 0 radical (unpaired) electrons. The number of carbonyl (C=O) groups is 1. The Balaban J connectivity index is 1.64. The number of nitrogens with zero attached hydrogens (tertiary/aromatic N) is 4. The van der Waals surface area contributed by atoms with Gasteiger partial charge in [-0.15, -0.1) is 0 Å². The predicted molar refractivity (Wildman–Crippen MR) is 94.7 cm³/mol. The smallest absolute Gasteiger partial charge is 0.276 e. The second-order valence-electron chi connectivity index (χ2n) is 6.00. The normalized spacial score (nSPS) is 10.7. The Kier molecular flexibility index (Phi) is 4.56. The largest absolute Gasteiger partial charge is 0.471 e. The van der Waals surface area contributed by atoms with Crippen molar-refractivity contribution in [2.45, 2.75) is 27.5 Å². The van der Waals surface area contributed by atoms with E-state index in [4.69, 9.17) is 4.74 Å². The van der Waals surface area contributed by atoms with Gasteiger partial charge in [0.25, 0.3) is 5.91 Å². The first-order valence-electron chi connectivity index (χ1n) is 7.97. The Morgan fingerprint density at radius 1 is 1.24 bits per heavy atom. The molecule has 0 atom stereocenters. The van der Waals surface area contributed by atoms with Crippen molar-refractivity contribution in [1.82, 2.24) is 19.6 Å². The molecule has 0 aliphatic heterocycles. The van der Waals surface area contributed by atoms with E-state index in [1.165, 1.54) is 0 Å². The van der Waals surface area contributed by atoms with Crippen LogP contribution in [0.1, 0.15) is 27.3 Å². The van der Waals surface area contributed by atoms with Gasteiger partial charge < -0.3 is 10.1 Å². The van der Waals surface area contributed by atoms with Gasteiger partial charge in [-0.3, -0.25) is 9.48 Å². The average molecular weight is 339 g/mol. The van der Waals surface area contributed by atoms with Crippen molar-refractivity contribution in [3.8, 4) is 5.75 Å². The third kappa shape index (κ3) is 3.71. The van der Waals surface area contributed by atoms with Crippen LogP contribution in [0.2, 0.25) is 0 Å². The number of benzene rings is 1. The van der Waals surface area contributed by atoms with Crippen LogP contribution in [0, 0.1) is 20.8 Å². The molecule has 0 saturated heterocycles. The number of carbonyl (C=O) groups excluding carboxylic acids is 1. The van der Waals surface area contributed by atoms with E-state index in [9.17, 15) is 4.79 Å². The van der Waals surface area contributed by atoms with Gasteiger partial charge in [-0.05, 0) is 44.0 Å². The van der Waals surface area contributed by atoms with Gasteiger partial charge >= 0.3 is 0 Å². The SMILES string of the molecule is Cc1ccc(C)c(OCn2ccc(C(=O)Nc3cnn(C)c3C)n2)c1. The van der Waals surface area contributed by atoms with E-state index in [1.54, 1.807) is 27.8 Å². The summed E-state index contributed by atoms with van der Waals surface area (Å²) in [6, 6.07) is 7.70. The zero-order valence-electron chi connectivity index (χ0n) is 14.8. The quantitative estimate of drug-likeness (QED) is 0.776. The molecule has 0 aliphatic carbocycles. The summed E-state index contributed by atoms with van der Waals surface area (Å²) < 4.78 is 9.08. The summed E-state index contributed by atoms with van der Waals surface area (Å²) in [5, 5.41) is 11.2. The molecule has 130 valence electrons. The molecule has 7 heteroatoms. The average Bonchev–Trinajstić information content (AvgIpc) is 3.18. The molecular formula is C18H21N5O2. The summed E-state index contributed by atoms with van der Waals surface area (Å²) in [5.74, 6) is 0.536. The van der Waals surface area contributed by atoms with Gasteiger partial charge in [-0.2, -0.15) is 10.2 Å². The lowest BCUT2D eigenvalue weighted by Crippen LogP contribution is -2.14. The van der Waals surface area contributed by atoms with Crippen LogP contribution in [0.4, 0.5) is 5.69 Å². The van der Waals surface area contributed by atoms with Crippen molar-refractivity contribution in [1.29, 1.82) is 0 Å². The van der Waals surface area contributed by atoms with Gasteiger partial charge in [0.15, 0.2) is 12.4 Å². The topological polar surface area (TPSA) is 74.0 Å². The van der Waals surface area contributed by atoms with E-state index in [0.717, 1.165) is 22.6 Å². The molecule has 0 unspecified atom stereocenters. The Morgan fingerprint density at radius 2 is 2.04 bits per heavy atom. The first kappa shape index (κ1) is 16.8. The van der Waals surface area contributed by atoms with Crippen LogP contribution >= 0.6 is 0 Å². The van der Waals surface area contributed by atoms with Crippen molar-refractivity contribution in [3.05, 3.63) is 59.2 Å². The number of anilines is 1. The van der Waals surface area contributed by atoms with Crippen LogP contribution < -0.4 is 10.1 Å². The van der Waals surface area contributed by atoms with Crippen molar-refractivity contribution < 1.29 is 9.53 Å². The summed E-state index contributed by atoms with van der Waals surface area (Å²) in [4.78, 5) is 12.3. The molecule has 0 aliphatic rings. The highest BCUT2D eigenvalue weighted by atomic mass is 16.5. The summed E-state index contributed by atoms with van der Waals surface area (Å²) in [5.41, 5.74) is 4.07. The minimum atomic E-state index is -0.276. The lowest BCUT2D eigenvalue weighted by molar-refractivity contribution is 0.102.